The first-order chi connectivity index (χ1) is 16.6. The molecule has 5 aromatic rings. The monoisotopic (exact) mass is 451 g/mol. The lowest BCUT2D eigenvalue weighted by atomic mass is 9.92. The summed E-state index contributed by atoms with van der Waals surface area (Å²) >= 11 is 0. The number of rotatable bonds is 3. The molecule has 0 saturated carbocycles. The number of halogens is 1. The van der Waals surface area contributed by atoms with E-state index in [0.717, 1.165) is 53.9 Å². The number of hydrogen-bond acceptors (Lipinski definition) is 5. The van der Waals surface area contributed by atoms with Gasteiger partial charge in [-0.3, -0.25) is 5.10 Å². The first kappa shape index (κ1) is 20.4. The number of anilines is 1. The van der Waals surface area contributed by atoms with E-state index in [1.807, 2.05) is 25.1 Å². The maximum Gasteiger partial charge on any atom is 0.156 e. The van der Waals surface area contributed by atoms with Crippen molar-refractivity contribution in [3.63, 3.8) is 0 Å². The average Bonchev–Trinajstić information content (AvgIpc) is 3.48. The lowest BCUT2D eigenvalue weighted by Gasteiger charge is -2.29. The number of benzene rings is 2. The van der Waals surface area contributed by atoms with Gasteiger partial charge in [0.15, 0.2) is 5.65 Å². The molecule has 1 aliphatic rings. The van der Waals surface area contributed by atoms with Crippen molar-refractivity contribution >= 4 is 27.6 Å². The van der Waals surface area contributed by atoms with Gasteiger partial charge in [0, 0.05) is 60.1 Å². The van der Waals surface area contributed by atoms with Gasteiger partial charge in [0.2, 0.25) is 0 Å². The van der Waals surface area contributed by atoms with E-state index in [0.29, 0.717) is 28.0 Å². The van der Waals surface area contributed by atoms with Gasteiger partial charge < -0.3 is 15.2 Å². The van der Waals surface area contributed by atoms with E-state index in [9.17, 15) is 5.26 Å². The molecule has 4 heterocycles. The molecule has 0 radical (unpaired) electrons. The van der Waals surface area contributed by atoms with Crippen LogP contribution in [-0.2, 0) is 0 Å². The number of aryl methyl sites for hydroxylation is 1. The minimum Gasteiger partial charge on any atom is -0.369 e. The Morgan fingerprint density at radius 1 is 1.09 bits per heavy atom. The number of aromatic amines is 2. The molecule has 0 aliphatic carbocycles. The van der Waals surface area contributed by atoms with Crippen LogP contribution in [0.3, 0.4) is 0 Å². The fraction of sp³-hybridized carbons (Fsp3) is 0.192. The fourth-order valence-electron chi connectivity index (χ4n) is 4.82. The van der Waals surface area contributed by atoms with Crippen LogP contribution in [0.1, 0.15) is 11.3 Å². The number of nitrogens with zero attached hydrogens (tertiary/aromatic N) is 4. The van der Waals surface area contributed by atoms with E-state index in [-0.39, 0.29) is 5.56 Å². The normalized spacial score (nSPS) is 14.1. The third-order valence-electron chi connectivity index (χ3n) is 6.53. The van der Waals surface area contributed by atoms with E-state index < -0.39 is 5.82 Å². The third kappa shape index (κ3) is 3.21. The van der Waals surface area contributed by atoms with Crippen molar-refractivity contribution in [2.75, 3.05) is 31.1 Å². The Hall–Kier alpha value is -4.22. The van der Waals surface area contributed by atoms with Crippen LogP contribution in [-0.4, -0.2) is 46.3 Å². The van der Waals surface area contributed by atoms with Crippen molar-refractivity contribution in [2.45, 2.75) is 6.92 Å². The largest absolute Gasteiger partial charge is 0.369 e. The van der Waals surface area contributed by atoms with E-state index in [4.69, 9.17) is 0 Å². The SMILES string of the molecule is Cc1n[nH]c2nc(-c3cc4cc[nH]c4cc3F)c(C#N)c(-c3ccc(N4CCNCC4)cc3)c12. The molecule has 7 nitrogen and oxygen atoms in total. The Morgan fingerprint density at radius 2 is 1.88 bits per heavy atom. The molecule has 6 rings (SSSR count). The second-order valence-corrected chi connectivity index (χ2v) is 8.54. The summed E-state index contributed by atoms with van der Waals surface area (Å²) in [5.41, 5.74) is 5.63. The van der Waals surface area contributed by atoms with Gasteiger partial charge in [-0.25, -0.2) is 9.37 Å². The van der Waals surface area contributed by atoms with Crippen LogP contribution in [0.15, 0.2) is 48.7 Å². The molecular weight excluding hydrogens is 429 g/mol. The fourth-order valence-corrected chi connectivity index (χ4v) is 4.82. The first-order valence-electron chi connectivity index (χ1n) is 11.3. The minimum atomic E-state index is -0.436. The van der Waals surface area contributed by atoms with Gasteiger partial charge in [-0.15, -0.1) is 0 Å². The predicted octanol–water partition coefficient (Wildman–Crippen LogP) is 4.50. The highest BCUT2D eigenvalue weighted by molar-refractivity contribution is 6.01. The maximum absolute atomic E-state index is 15.2. The molecule has 0 atom stereocenters. The molecular formula is C26H22FN7. The molecule has 1 aliphatic heterocycles. The molecule has 0 spiro atoms. The van der Waals surface area contributed by atoms with Crippen molar-refractivity contribution in [1.82, 2.24) is 25.5 Å². The topological polar surface area (TPSA) is 96.4 Å². The van der Waals surface area contributed by atoms with E-state index in [1.165, 1.54) is 6.07 Å². The zero-order valence-electron chi connectivity index (χ0n) is 18.6. The van der Waals surface area contributed by atoms with Crippen LogP contribution in [0.5, 0.6) is 0 Å². The predicted molar refractivity (Wildman–Crippen MR) is 131 cm³/mol. The van der Waals surface area contributed by atoms with Gasteiger partial charge in [-0.05, 0) is 42.8 Å². The molecule has 3 aromatic heterocycles. The molecule has 1 saturated heterocycles. The Bertz CT molecular complexity index is 1570. The number of aromatic nitrogens is 4. The van der Waals surface area contributed by atoms with Gasteiger partial charge in [-0.1, -0.05) is 12.1 Å². The van der Waals surface area contributed by atoms with E-state index in [2.05, 4.69) is 48.6 Å². The number of nitriles is 1. The summed E-state index contributed by atoms with van der Waals surface area (Å²) in [6.07, 6.45) is 1.76. The summed E-state index contributed by atoms with van der Waals surface area (Å²) in [5, 5.41) is 22.6. The van der Waals surface area contributed by atoms with E-state index in [1.54, 1.807) is 12.3 Å². The molecule has 3 N–H and O–H groups in total. The molecule has 8 heteroatoms. The van der Waals surface area contributed by atoms with Gasteiger partial charge in [0.25, 0.3) is 0 Å². The maximum atomic E-state index is 15.2. The Kier molecular flexibility index (Phi) is 4.78. The second kappa shape index (κ2) is 7.97. The quantitative estimate of drug-likeness (QED) is 0.375. The molecule has 0 unspecified atom stereocenters. The number of piperazine rings is 1. The van der Waals surface area contributed by atoms with Crippen molar-refractivity contribution in [3.8, 4) is 28.5 Å². The van der Waals surface area contributed by atoms with Crippen LogP contribution >= 0.6 is 0 Å². The van der Waals surface area contributed by atoms with Crippen LogP contribution in [0, 0.1) is 24.1 Å². The van der Waals surface area contributed by atoms with Gasteiger partial charge in [0.1, 0.15) is 11.9 Å². The van der Waals surface area contributed by atoms with Crippen molar-refractivity contribution < 1.29 is 4.39 Å². The Morgan fingerprint density at radius 3 is 2.65 bits per heavy atom. The molecule has 0 bridgehead atoms. The van der Waals surface area contributed by atoms with Crippen LogP contribution in [0.2, 0.25) is 0 Å². The summed E-state index contributed by atoms with van der Waals surface area (Å²) in [6.45, 7) is 5.70. The van der Waals surface area contributed by atoms with Crippen LogP contribution < -0.4 is 10.2 Å². The lowest BCUT2D eigenvalue weighted by molar-refractivity contribution is 0.589. The number of hydrogen-bond donors (Lipinski definition) is 3. The lowest BCUT2D eigenvalue weighted by Crippen LogP contribution is -2.43. The summed E-state index contributed by atoms with van der Waals surface area (Å²) in [7, 11) is 0. The average molecular weight is 452 g/mol. The zero-order chi connectivity index (χ0) is 23.2. The number of H-pyrrole nitrogens is 2. The summed E-state index contributed by atoms with van der Waals surface area (Å²) < 4.78 is 15.2. The highest BCUT2D eigenvalue weighted by Crippen LogP contribution is 2.39. The van der Waals surface area contributed by atoms with Crippen LogP contribution in [0.4, 0.5) is 10.1 Å². The van der Waals surface area contributed by atoms with Crippen molar-refractivity contribution in [2.24, 2.45) is 0 Å². The molecule has 2 aromatic carbocycles. The molecule has 34 heavy (non-hydrogen) atoms. The smallest absolute Gasteiger partial charge is 0.156 e. The summed E-state index contributed by atoms with van der Waals surface area (Å²) in [4.78, 5) is 10.0. The molecule has 1 fully saturated rings. The van der Waals surface area contributed by atoms with Crippen molar-refractivity contribution in [3.05, 3.63) is 65.7 Å². The van der Waals surface area contributed by atoms with Crippen LogP contribution in [0.25, 0.3) is 44.3 Å². The van der Waals surface area contributed by atoms with E-state index >= 15 is 4.39 Å². The number of fused-ring (bicyclic) bond motifs is 2. The molecule has 168 valence electrons. The zero-order valence-corrected chi connectivity index (χ0v) is 18.6. The summed E-state index contributed by atoms with van der Waals surface area (Å²) in [5.74, 6) is -0.436. The highest BCUT2D eigenvalue weighted by atomic mass is 19.1. The minimum absolute atomic E-state index is 0.288. The van der Waals surface area contributed by atoms with Gasteiger partial charge in [-0.2, -0.15) is 10.4 Å². The first-order valence-corrected chi connectivity index (χ1v) is 11.3. The van der Waals surface area contributed by atoms with Gasteiger partial charge in [0.05, 0.1) is 22.3 Å². The Balaban J connectivity index is 1.57. The standard InChI is InChI=1S/C26H22FN7/c1-15-23-24(16-2-4-18(5-3-16)34-10-8-29-9-11-34)20(14-28)25(31-26(23)33-32-15)19-12-17-6-7-30-22(17)13-21(19)27/h2-7,12-13,29-30H,8-11H2,1H3,(H,31,32,33). The second-order valence-electron chi connectivity index (χ2n) is 8.54. The Labute approximate surface area is 195 Å². The summed E-state index contributed by atoms with van der Waals surface area (Å²) in [6, 6.07) is 15.6. The van der Waals surface area contributed by atoms with Crippen molar-refractivity contribution in [1.29, 1.82) is 5.26 Å². The number of pyridine rings is 1. The number of nitrogens with one attached hydrogen (secondary N) is 3. The third-order valence-corrected chi connectivity index (χ3v) is 6.53. The van der Waals surface area contributed by atoms with Gasteiger partial charge >= 0.3 is 0 Å². The molecule has 0 amide bonds. The highest BCUT2D eigenvalue weighted by Gasteiger charge is 2.23.